The number of primary amides is 1. The number of fused-ring (bicyclic) bond motifs is 3. The lowest BCUT2D eigenvalue weighted by molar-refractivity contribution is -0.117. The lowest BCUT2D eigenvalue weighted by atomic mass is 9.65. The maximum atomic E-state index is 12.8. The van der Waals surface area contributed by atoms with Gasteiger partial charge >= 0.3 is 0 Å². The molecule has 1 saturated carbocycles. The number of pyridine rings is 1. The summed E-state index contributed by atoms with van der Waals surface area (Å²) >= 11 is 0. The molecule has 2 atom stereocenters. The molecule has 0 spiro atoms. The summed E-state index contributed by atoms with van der Waals surface area (Å²) < 4.78 is 1.73. The van der Waals surface area contributed by atoms with Crippen molar-refractivity contribution >= 4 is 17.5 Å². The molecule has 2 heterocycles. The van der Waals surface area contributed by atoms with Gasteiger partial charge in [-0.25, -0.2) is 4.98 Å². The topological polar surface area (TPSA) is 89.5 Å². The molecule has 2 amide bonds. The molecular weight excluding hydrogens is 328 g/mol. The molecule has 1 fully saturated rings. The molecule has 6 nitrogen and oxygen atoms in total. The minimum Gasteiger partial charge on any atom is -0.369 e. The molecule has 6 heteroatoms. The first-order valence-corrected chi connectivity index (χ1v) is 9.25. The van der Waals surface area contributed by atoms with Gasteiger partial charge in [0.1, 0.15) is 11.3 Å². The van der Waals surface area contributed by atoms with Gasteiger partial charge in [-0.1, -0.05) is 24.6 Å². The normalized spacial score (nSPS) is 24.5. The highest BCUT2D eigenvalue weighted by molar-refractivity contribution is 5.93. The Morgan fingerprint density at radius 1 is 1.38 bits per heavy atom. The van der Waals surface area contributed by atoms with E-state index in [4.69, 9.17) is 5.73 Å². The van der Waals surface area contributed by atoms with E-state index >= 15 is 0 Å². The fraction of sp³-hybridized carbons (Fsp3) is 0.450. The van der Waals surface area contributed by atoms with Crippen LogP contribution >= 0.6 is 0 Å². The van der Waals surface area contributed by atoms with Gasteiger partial charge in [0.15, 0.2) is 0 Å². The van der Waals surface area contributed by atoms with Crippen molar-refractivity contribution in [1.29, 1.82) is 0 Å². The van der Waals surface area contributed by atoms with Gasteiger partial charge in [-0.05, 0) is 49.1 Å². The van der Waals surface area contributed by atoms with Crippen molar-refractivity contribution in [3.05, 3.63) is 47.9 Å². The zero-order chi connectivity index (χ0) is 18.1. The molecule has 2 aromatic rings. The van der Waals surface area contributed by atoms with E-state index in [0.29, 0.717) is 29.5 Å². The Bertz CT molecular complexity index is 885. The lowest BCUT2D eigenvalue weighted by Crippen LogP contribution is -2.42. The van der Waals surface area contributed by atoms with E-state index in [1.807, 2.05) is 12.1 Å². The molecule has 2 aliphatic carbocycles. The van der Waals surface area contributed by atoms with Gasteiger partial charge in [0.25, 0.3) is 5.91 Å². The number of nitrogens with two attached hydrogens (primary N) is 1. The fourth-order valence-electron chi connectivity index (χ4n) is 4.46. The van der Waals surface area contributed by atoms with Gasteiger partial charge in [0.2, 0.25) is 5.91 Å². The van der Waals surface area contributed by atoms with E-state index in [2.05, 4.69) is 22.5 Å². The molecule has 2 bridgehead atoms. The van der Waals surface area contributed by atoms with E-state index < -0.39 is 5.91 Å². The maximum Gasteiger partial charge on any atom is 0.268 e. The van der Waals surface area contributed by atoms with E-state index in [-0.39, 0.29) is 17.7 Å². The van der Waals surface area contributed by atoms with Crippen LogP contribution in [0.25, 0.3) is 5.65 Å². The number of nitrogens with one attached hydrogen (secondary N) is 1. The minimum absolute atomic E-state index is 0.0690. The lowest BCUT2D eigenvalue weighted by Gasteiger charge is -2.42. The standard InChI is InChI=1S/C20H24N4O2/c21-17(25)10-15-12-24-16(6-1-7-18(24)23-15)19(26)22-13-20-8-2-4-14(11-20)5-3-9-20/h1-2,4,6-7,12,14H,3,5,8-11,13H2,(H2,21,25)(H,22,26). The van der Waals surface area contributed by atoms with Crippen LogP contribution in [-0.4, -0.2) is 27.7 Å². The Morgan fingerprint density at radius 2 is 2.27 bits per heavy atom. The van der Waals surface area contributed by atoms with Gasteiger partial charge in [-0.3, -0.25) is 14.0 Å². The van der Waals surface area contributed by atoms with Gasteiger partial charge in [0, 0.05) is 12.7 Å². The van der Waals surface area contributed by atoms with Crippen molar-refractivity contribution in [2.24, 2.45) is 17.1 Å². The number of nitrogens with zero attached hydrogens (tertiary/aromatic N) is 2. The Labute approximate surface area is 152 Å². The quantitative estimate of drug-likeness (QED) is 0.809. The molecule has 2 aliphatic rings. The summed E-state index contributed by atoms with van der Waals surface area (Å²) in [5.74, 6) is 0.128. The van der Waals surface area contributed by atoms with Crippen molar-refractivity contribution in [3.8, 4) is 0 Å². The van der Waals surface area contributed by atoms with E-state index in [0.717, 1.165) is 6.42 Å². The molecule has 136 valence electrons. The van der Waals surface area contributed by atoms with Crippen molar-refractivity contribution in [1.82, 2.24) is 14.7 Å². The zero-order valence-electron chi connectivity index (χ0n) is 14.8. The Morgan fingerprint density at radius 3 is 3.12 bits per heavy atom. The van der Waals surface area contributed by atoms with Gasteiger partial charge in [0.05, 0.1) is 12.1 Å². The Balaban J connectivity index is 1.52. The van der Waals surface area contributed by atoms with E-state index in [1.54, 1.807) is 16.7 Å². The van der Waals surface area contributed by atoms with Crippen molar-refractivity contribution in [2.45, 2.75) is 38.5 Å². The number of carbonyl (C=O) groups is 2. The first-order chi connectivity index (χ1) is 12.5. The van der Waals surface area contributed by atoms with Gasteiger partial charge < -0.3 is 11.1 Å². The molecule has 0 saturated heterocycles. The predicted molar refractivity (Wildman–Crippen MR) is 98.6 cm³/mol. The number of carbonyl (C=O) groups excluding carboxylic acids is 2. The molecule has 0 radical (unpaired) electrons. The summed E-state index contributed by atoms with van der Waals surface area (Å²) in [6.07, 6.45) is 12.3. The molecule has 0 aromatic carbocycles. The van der Waals surface area contributed by atoms with Crippen LogP contribution in [0.5, 0.6) is 0 Å². The molecule has 26 heavy (non-hydrogen) atoms. The summed E-state index contributed by atoms with van der Waals surface area (Å²) in [6, 6.07) is 5.40. The molecular formula is C20H24N4O2. The monoisotopic (exact) mass is 352 g/mol. The van der Waals surface area contributed by atoms with Gasteiger partial charge in [-0.15, -0.1) is 0 Å². The van der Waals surface area contributed by atoms with E-state index in [9.17, 15) is 9.59 Å². The summed E-state index contributed by atoms with van der Waals surface area (Å²) in [6.45, 7) is 0.700. The zero-order valence-corrected chi connectivity index (χ0v) is 14.8. The van der Waals surface area contributed by atoms with Crippen molar-refractivity contribution in [3.63, 3.8) is 0 Å². The first kappa shape index (κ1) is 16.8. The summed E-state index contributed by atoms with van der Waals surface area (Å²) in [4.78, 5) is 28.3. The van der Waals surface area contributed by atoms with Crippen LogP contribution in [0, 0.1) is 11.3 Å². The Kier molecular flexibility index (Phi) is 4.26. The maximum absolute atomic E-state index is 12.8. The summed E-state index contributed by atoms with van der Waals surface area (Å²) in [7, 11) is 0. The molecule has 2 aromatic heterocycles. The molecule has 0 aliphatic heterocycles. The van der Waals surface area contributed by atoms with Crippen LogP contribution in [0.1, 0.15) is 48.3 Å². The second-order valence-electron chi connectivity index (χ2n) is 7.69. The number of amides is 2. The van der Waals surface area contributed by atoms with E-state index in [1.165, 1.54) is 25.7 Å². The number of imidazole rings is 1. The molecule has 4 rings (SSSR count). The number of hydrogen-bond acceptors (Lipinski definition) is 3. The SMILES string of the molecule is NC(=O)Cc1cn2c(C(=O)NCC34CC=CC(CCC3)C4)cccc2n1. The third kappa shape index (κ3) is 3.23. The molecule has 3 N–H and O–H groups in total. The van der Waals surface area contributed by atoms with Crippen LogP contribution in [0.4, 0.5) is 0 Å². The van der Waals surface area contributed by atoms with Crippen LogP contribution in [0.3, 0.4) is 0 Å². The number of aromatic nitrogens is 2. The third-order valence-corrected chi connectivity index (χ3v) is 5.69. The van der Waals surface area contributed by atoms with Crippen molar-refractivity contribution in [2.75, 3.05) is 6.54 Å². The largest absolute Gasteiger partial charge is 0.369 e. The highest BCUT2D eigenvalue weighted by atomic mass is 16.2. The molecule has 2 unspecified atom stereocenters. The number of allylic oxidation sites excluding steroid dienone is 2. The van der Waals surface area contributed by atoms with Crippen LogP contribution < -0.4 is 11.1 Å². The first-order valence-electron chi connectivity index (χ1n) is 9.25. The highest BCUT2D eigenvalue weighted by Gasteiger charge is 2.37. The smallest absolute Gasteiger partial charge is 0.268 e. The third-order valence-electron chi connectivity index (χ3n) is 5.69. The Hall–Kier alpha value is -2.63. The second-order valence-corrected chi connectivity index (χ2v) is 7.69. The average molecular weight is 352 g/mol. The van der Waals surface area contributed by atoms with Crippen molar-refractivity contribution < 1.29 is 9.59 Å². The number of rotatable bonds is 5. The average Bonchev–Trinajstić information content (AvgIpc) is 3.01. The summed E-state index contributed by atoms with van der Waals surface area (Å²) in [5.41, 5.74) is 7.20. The van der Waals surface area contributed by atoms with Crippen LogP contribution in [-0.2, 0) is 11.2 Å². The van der Waals surface area contributed by atoms with Crippen LogP contribution in [0.15, 0.2) is 36.5 Å². The van der Waals surface area contributed by atoms with Gasteiger partial charge in [-0.2, -0.15) is 0 Å². The summed E-state index contributed by atoms with van der Waals surface area (Å²) in [5, 5.41) is 3.14. The minimum atomic E-state index is -0.435. The fourth-order valence-corrected chi connectivity index (χ4v) is 4.46. The highest BCUT2D eigenvalue weighted by Crippen LogP contribution is 2.45. The second kappa shape index (κ2) is 6.59. The van der Waals surface area contributed by atoms with Crippen LogP contribution in [0.2, 0.25) is 0 Å². The predicted octanol–water partition coefficient (Wildman–Crippen LogP) is 2.23. The number of hydrogen-bond donors (Lipinski definition) is 2.